The minimum atomic E-state index is -0.473. The summed E-state index contributed by atoms with van der Waals surface area (Å²) in [6, 6.07) is 1.54. The van der Waals surface area contributed by atoms with Gasteiger partial charge in [0.05, 0.1) is 12.7 Å². The molecule has 0 aliphatic heterocycles. The van der Waals surface area contributed by atoms with E-state index in [0.717, 1.165) is 25.7 Å². The van der Waals surface area contributed by atoms with Crippen LogP contribution in [0.2, 0.25) is 0 Å². The Morgan fingerprint density at radius 1 is 1.40 bits per heavy atom. The minimum Gasteiger partial charge on any atom is -0.473 e. The fourth-order valence-corrected chi connectivity index (χ4v) is 2.48. The van der Waals surface area contributed by atoms with Crippen LogP contribution >= 0.6 is 0 Å². The van der Waals surface area contributed by atoms with Crippen LogP contribution in [-0.2, 0) is 4.74 Å². The van der Waals surface area contributed by atoms with Gasteiger partial charge in [0.15, 0.2) is 0 Å². The Labute approximate surface area is 119 Å². The van der Waals surface area contributed by atoms with Gasteiger partial charge in [0.25, 0.3) is 0 Å². The van der Waals surface area contributed by atoms with Crippen molar-refractivity contribution in [2.75, 3.05) is 12.8 Å². The molecule has 0 radical (unpaired) electrons. The van der Waals surface area contributed by atoms with Gasteiger partial charge in [-0.05, 0) is 37.2 Å². The lowest BCUT2D eigenvalue weighted by molar-refractivity contribution is 0.0600. The summed E-state index contributed by atoms with van der Waals surface area (Å²) >= 11 is 0. The van der Waals surface area contributed by atoms with Gasteiger partial charge in [-0.3, -0.25) is 0 Å². The molecule has 1 fully saturated rings. The fraction of sp³-hybridized carbons (Fsp3) is 0.600. The van der Waals surface area contributed by atoms with Crippen molar-refractivity contribution >= 4 is 11.7 Å². The molecule has 5 nitrogen and oxygen atoms in total. The zero-order valence-corrected chi connectivity index (χ0v) is 12.3. The van der Waals surface area contributed by atoms with Gasteiger partial charge in [-0.2, -0.15) is 0 Å². The molecular weight excluding hydrogens is 256 g/mol. The van der Waals surface area contributed by atoms with Crippen molar-refractivity contribution in [1.82, 2.24) is 4.98 Å². The number of carbonyl (C=O) groups excluding carboxylic acids is 1. The van der Waals surface area contributed by atoms with Gasteiger partial charge in [-0.1, -0.05) is 13.8 Å². The number of nitrogen functional groups attached to an aromatic ring is 1. The molecule has 0 amide bonds. The highest BCUT2D eigenvalue weighted by molar-refractivity contribution is 5.95. The number of aromatic nitrogens is 1. The molecule has 2 N–H and O–H groups in total. The fourth-order valence-electron chi connectivity index (χ4n) is 2.48. The lowest BCUT2D eigenvalue weighted by Gasteiger charge is -2.34. The van der Waals surface area contributed by atoms with Gasteiger partial charge in [0.2, 0.25) is 5.88 Å². The Bertz CT molecular complexity index is 490. The Morgan fingerprint density at radius 3 is 2.65 bits per heavy atom. The Morgan fingerprint density at radius 2 is 2.05 bits per heavy atom. The molecule has 5 heteroatoms. The molecule has 1 heterocycles. The van der Waals surface area contributed by atoms with E-state index in [1.165, 1.54) is 19.4 Å². The van der Waals surface area contributed by atoms with E-state index < -0.39 is 5.97 Å². The van der Waals surface area contributed by atoms with Crippen LogP contribution in [0.4, 0.5) is 5.69 Å². The third-order valence-electron chi connectivity index (χ3n) is 3.92. The van der Waals surface area contributed by atoms with Crippen LogP contribution in [0.25, 0.3) is 0 Å². The number of esters is 1. The van der Waals surface area contributed by atoms with E-state index in [1.54, 1.807) is 0 Å². The maximum atomic E-state index is 11.6. The van der Waals surface area contributed by atoms with Crippen molar-refractivity contribution in [3.8, 4) is 5.88 Å². The predicted molar refractivity (Wildman–Crippen MR) is 76.7 cm³/mol. The number of pyridine rings is 1. The highest BCUT2D eigenvalue weighted by Gasteiger charge is 2.28. The Hall–Kier alpha value is -1.78. The van der Waals surface area contributed by atoms with E-state index in [9.17, 15) is 4.79 Å². The molecule has 2 rings (SSSR count). The lowest BCUT2D eigenvalue weighted by atomic mass is 9.76. The van der Waals surface area contributed by atoms with Crippen molar-refractivity contribution < 1.29 is 14.3 Å². The van der Waals surface area contributed by atoms with Gasteiger partial charge >= 0.3 is 5.97 Å². The first-order valence-corrected chi connectivity index (χ1v) is 6.92. The zero-order chi connectivity index (χ0) is 14.8. The van der Waals surface area contributed by atoms with Crippen LogP contribution in [0.1, 0.15) is 49.9 Å². The van der Waals surface area contributed by atoms with Crippen LogP contribution < -0.4 is 10.5 Å². The summed E-state index contributed by atoms with van der Waals surface area (Å²) in [7, 11) is 1.33. The average molecular weight is 278 g/mol. The van der Waals surface area contributed by atoms with Gasteiger partial charge in [-0.25, -0.2) is 9.78 Å². The molecule has 0 unspecified atom stereocenters. The summed E-state index contributed by atoms with van der Waals surface area (Å²) in [5.41, 5.74) is 6.88. The molecule has 1 aliphatic rings. The van der Waals surface area contributed by atoms with Gasteiger partial charge < -0.3 is 15.2 Å². The highest BCUT2D eigenvalue weighted by atomic mass is 16.5. The number of ether oxygens (including phenoxy) is 2. The third kappa shape index (κ3) is 3.21. The summed E-state index contributed by atoms with van der Waals surface area (Å²) < 4.78 is 10.6. The number of hydrogen-bond acceptors (Lipinski definition) is 5. The van der Waals surface area contributed by atoms with E-state index in [0.29, 0.717) is 16.9 Å². The van der Waals surface area contributed by atoms with Gasteiger partial charge in [0.1, 0.15) is 11.8 Å². The molecule has 0 bridgehead atoms. The smallest absolute Gasteiger partial charge is 0.340 e. The van der Waals surface area contributed by atoms with E-state index in [1.807, 2.05) is 0 Å². The largest absolute Gasteiger partial charge is 0.473 e. The number of hydrogen-bond donors (Lipinski definition) is 1. The van der Waals surface area contributed by atoms with Crippen molar-refractivity contribution in [1.29, 1.82) is 0 Å². The molecule has 1 aromatic rings. The maximum absolute atomic E-state index is 11.6. The van der Waals surface area contributed by atoms with E-state index in [-0.39, 0.29) is 11.8 Å². The van der Waals surface area contributed by atoms with Gasteiger partial charge in [-0.15, -0.1) is 0 Å². The molecule has 0 aromatic carbocycles. The standard InChI is InChI=1S/C15H22N2O3/c1-15(2)7-4-10(5-8-15)20-13-12(16)11(6-9-17-13)14(18)19-3/h6,9-10H,4-5,7-8,16H2,1-3H3. The first-order chi connectivity index (χ1) is 9.43. The second kappa shape index (κ2) is 5.69. The number of nitrogens with two attached hydrogens (primary N) is 1. The lowest BCUT2D eigenvalue weighted by Crippen LogP contribution is -2.29. The summed E-state index contributed by atoms with van der Waals surface area (Å²) in [4.78, 5) is 15.7. The number of rotatable bonds is 3. The van der Waals surface area contributed by atoms with E-state index in [2.05, 4.69) is 23.6 Å². The summed E-state index contributed by atoms with van der Waals surface area (Å²) in [5.74, 6) is -0.142. The van der Waals surface area contributed by atoms with Crippen LogP contribution in [0.3, 0.4) is 0 Å². The predicted octanol–water partition coefficient (Wildman–Crippen LogP) is 2.80. The van der Waals surface area contributed by atoms with Crippen molar-refractivity contribution in [3.05, 3.63) is 17.8 Å². The quantitative estimate of drug-likeness (QED) is 0.860. The summed E-state index contributed by atoms with van der Waals surface area (Å²) in [6.45, 7) is 4.54. The SMILES string of the molecule is COC(=O)c1ccnc(OC2CCC(C)(C)CC2)c1N. The molecular formula is C15H22N2O3. The molecule has 110 valence electrons. The van der Waals surface area contributed by atoms with Crippen molar-refractivity contribution in [2.45, 2.75) is 45.6 Å². The molecule has 20 heavy (non-hydrogen) atoms. The first kappa shape index (κ1) is 14.6. The summed E-state index contributed by atoms with van der Waals surface area (Å²) in [6.07, 6.45) is 5.84. The van der Waals surface area contributed by atoms with Gasteiger partial charge in [0, 0.05) is 6.20 Å². The maximum Gasteiger partial charge on any atom is 0.340 e. The van der Waals surface area contributed by atoms with Crippen molar-refractivity contribution in [3.63, 3.8) is 0 Å². The van der Waals surface area contributed by atoms with E-state index >= 15 is 0 Å². The number of nitrogens with zero attached hydrogens (tertiary/aromatic N) is 1. The average Bonchev–Trinajstić information content (AvgIpc) is 2.42. The van der Waals surface area contributed by atoms with Crippen molar-refractivity contribution in [2.24, 2.45) is 5.41 Å². The Kier molecular flexibility index (Phi) is 4.16. The highest BCUT2D eigenvalue weighted by Crippen LogP contribution is 2.37. The summed E-state index contributed by atoms with van der Waals surface area (Å²) in [5, 5.41) is 0. The van der Waals surface area contributed by atoms with Crippen LogP contribution in [0.15, 0.2) is 12.3 Å². The number of anilines is 1. The Balaban J connectivity index is 2.09. The zero-order valence-electron chi connectivity index (χ0n) is 12.3. The second-order valence-electron chi connectivity index (χ2n) is 6.05. The molecule has 1 aromatic heterocycles. The third-order valence-corrected chi connectivity index (χ3v) is 3.92. The number of methoxy groups -OCH3 is 1. The van der Waals surface area contributed by atoms with E-state index in [4.69, 9.17) is 10.5 Å². The van der Waals surface area contributed by atoms with Crippen LogP contribution in [-0.4, -0.2) is 24.2 Å². The first-order valence-electron chi connectivity index (χ1n) is 6.92. The molecule has 1 aliphatic carbocycles. The number of carbonyl (C=O) groups is 1. The normalized spacial score (nSPS) is 18.6. The monoisotopic (exact) mass is 278 g/mol. The topological polar surface area (TPSA) is 74.4 Å². The molecule has 0 spiro atoms. The van der Waals surface area contributed by atoms with Crippen LogP contribution in [0.5, 0.6) is 5.88 Å². The molecule has 1 saturated carbocycles. The second-order valence-corrected chi connectivity index (χ2v) is 6.05. The molecule has 0 saturated heterocycles. The van der Waals surface area contributed by atoms with Crippen LogP contribution in [0, 0.1) is 5.41 Å². The minimum absolute atomic E-state index is 0.116. The molecule has 0 atom stereocenters.